The number of rotatable bonds is 6. The summed E-state index contributed by atoms with van der Waals surface area (Å²) in [7, 11) is 0. The Labute approximate surface area is 189 Å². The molecule has 2 aromatic carbocycles. The number of carbonyl (C=O) groups is 1. The van der Waals surface area contributed by atoms with Crippen molar-refractivity contribution in [2.24, 2.45) is 11.8 Å². The van der Waals surface area contributed by atoms with Crippen LogP contribution in [-0.4, -0.2) is 34.2 Å². The topological polar surface area (TPSA) is 49.8 Å². The maximum Gasteiger partial charge on any atom is 0.306 e. The van der Waals surface area contributed by atoms with Crippen LogP contribution in [0, 0.1) is 11.8 Å². The van der Waals surface area contributed by atoms with Gasteiger partial charge in [0.1, 0.15) is 12.4 Å². The normalized spacial score (nSPS) is 30.5. The fourth-order valence-electron chi connectivity index (χ4n) is 6.23. The number of aliphatic carboxylic acids is 1. The smallest absolute Gasteiger partial charge is 0.306 e. The molecule has 2 aliphatic heterocycles. The van der Waals surface area contributed by atoms with Crippen molar-refractivity contribution in [2.45, 2.75) is 89.7 Å². The lowest BCUT2D eigenvalue weighted by atomic mass is 9.89. The lowest BCUT2D eigenvalue weighted by Crippen LogP contribution is -2.44. The molecular formula is C27H34FNO3. The molecule has 0 amide bonds. The summed E-state index contributed by atoms with van der Waals surface area (Å²) in [4.78, 5) is 14.0. The number of hydrogen-bond donors (Lipinski definition) is 1. The summed E-state index contributed by atoms with van der Waals surface area (Å²) in [6.45, 7) is 2.56. The molecule has 2 saturated heterocycles. The average Bonchev–Trinajstić information content (AvgIpc) is 3.01. The van der Waals surface area contributed by atoms with Gasteiger partial charge in [0.15, 0.2) is 0 Å². The molecule has 0 radical (unpaired) electrons. The van der Waals surface area contributed by atoms with E-state index < -0.39 is 12.6 Å². The zero-order chi connectivity index (χ0) is 22.2. The SMILES string of the molecule is CC1CCC(Oc2ccc3ccc(CN4C5CCC4CC(C(=O)O)C5)cc3c2CF)CC1. The van der Waals surface area contributed by atoms with Gasteiger partial charge in [-0.15, -0.1) is 0 Å². The van der Waals surface area contributed by atoms with Gasteiger partial charge in [0.25, 0.3) is 0 Å². The number of fused-ring (bicyclic) bond motifs is 3. The third-order valence-electron chi connectivity index (χ3n) is 8.14. The summed E-state index contributed by atoms with van der Waals surface area (Å²) in [5.74, 6) is 0.588. The third-order valence-corrected chi connectivity index (χ3v) is 8.14. The number of nitrogens with zero attached hydrogens (tertiary/aromatic N) is 1. The number of piperidine rings is 1. The predicted octanol–water partition coefficient (Wildman–Crippen LogP) is 6.09. The summed E-state index contributed by atoms with van der Waals surface area (Å²) in [5.41, 5.74) is 1.83. The van der Waals surface area contributed by atoms with Crippen LogP contribution in [0.1, 0.15) is 69.4 Å². The molecule has 1 aliphatic carbocycles. The minimum Gasteiger partial charge on any atom is -0.490 e. The van der Waals surface area contributed by atoms with Gasteiger partial charge in [-0.1, -0.05) is 25.1 Å². The van der Waals surface area contributed by atoms with Gasteiger partial charge in [-0.05, 0) is 85.8 Å². The Morgan fingerprint density at radius 3 is 2.41 bits per heavy atom. The van der Waals surface area contributed by atoms with Crippen molar-refractivity contribution >= 4 is 16.7 Å². The number of carboxylic acid groups (broad SMARTS) is 1. The molecule has 0 spiro atoms. The zero-order valence-electron chi connectivity index (χ0n) is 18.9. The first-order valence-electron chi connectivity index (χ1n) is 12.3. The highest BCUT2D eigenvalue weighted by Gasteiger charge is 2.42. The van der Waals surface area contributed by atoms with Crippen LogP contribution in [-0.2, 0) is 18.0 Å². The Bertz CT molecular complexity index is 970. The summed E-state index contributed by atoms with van der Waals surface area (Å²) < 4.78 is 20.5. The molecular weight excluding hydrogens is 405 g/mol. The first-order valence-corrected chi connectivity index (χ1v) is 12.3. The highest BCUT2D eigenvalue weighted by atomic mass is 19.1. The lowest BCUT2D eigenvalue weighted by molar-refractivity contribution is -0.144. The summed E-state index contributed by atoms with van der Waals surface area (Å²) >= 11 is 0. The summed E-state index contributed by atoms with van der Waals surface area (Å²) in [5, 5.41) is 11.4. The number of benzene rings is 2. The molecule has 4 nitrogen and oxygen atoms in total. The van der Waals surface area contributed by atoms with Crippen LogP contribution >= 0.6 is 0 Å². The summed E-state index contributed by atoms with van der Waals surface area (Å²) in [6.07, 6.45) is 8.26. The van der Waals surface area contributed by atoms with E-state index in [-0.39, 0.29) is 12.0 Å². The van der Waals surface area contributed by atoms with Crippen molar-refractivity contribution in [3.8, 4) is 5.75 Å². The van der Waals surface area contributed by atoms with Crippen molar-refractivity contribution in [1.82, 2.24) is 4.90 Å². The Morgan fingerprint density at radius 1 is 1.06 bits per heavy atom. The largest absolute Gasteiger partial charge is 0.490 e. The van der Waals surface area contributed by atoms with Gasteiger partial charge in [0.2, 0.25) is 0 Å². The quantitative estimate of drug-likeness (QED) is 0.591. The molecule has 5 heteroatoms. The van der Waals surface area contributed by atoms with Crippen LogP contribution in [0.4, 0.5) is 4.39 Å². The van der Waals surface area contributed by atoms with E-state index in [4.69, 9.17) is 4.74 Å². The van der Waals surface area contributed by atoms with E-state index in [1.54, 1.807) is 0 Å². The number of hydrogen-bond acceptors (Lipinski definition) is 3. The first kappa shape index (κ1) is 21.7. The second-order valence-corrected chi connectivity index (χ2v) is 10.3. The third kappa shape index (κ3) is 4.24. The second kappa shape index (κ2) is 9.01. The molecule has 2 atom stereocenters. The van der Waals surface area contributed by atoms with Crippen LogP contribution in [0.25, 0.3) is 10.8 Å². The minimum atomic E-state index is -0.653. The lowest BCUT2D eigenvalue weighted by Gasteiger charge is -2.37. The number of alkyl halides is 1. The molecule has 5 rings (SSSR count). The fraction of sp³-hybridized carbons (Fsp3) is 0.593. The van der Waals surface area contributed by atoms with E-state index >= 15 is 0 Å². The average molecular weight is 440 g/mol. The van der Waals surface area contributed by atoms with Crippen LogP contribution < -0.4 is 4.74 Å². The van der Waals surface area contributed by atoms with Crippen LogP contribution in [0.5, 0.6) is 5.75 Å². The maximum absolute atomic E-state index is 14.2. The molecule has 2 heterocycles. The molecule has 3 fully saturated rings. The van der Waals surface area contributed by atoms with E-state index in [9.17, 15) is 14.3 Å². The van der Waals surface area contributed by atoms with Gasteiger partial charge in [-0.2, -0.15) is 0 Å². The zero-order valence-corrected chi connectivity index (χ0v) is 18.9. The Balaban J connectivity index is 1.37. The van der Waals surface area contributed by atoms with Gasteiger partial charge >= 0.3 is 5.97 Å². The Morgan fingerprint density at radius 2 is 1.75 bits per heavy atom. The van der Waals surface area contributed by atoms with E-state index in [0.717, 1.165) is 61.8 Å². The summed E-state index contributed by atoms with van der Waals surface area (Å²) in [6, 6.07) is 11.0. The van der Waals surface area contributed by atoms with Crippen LogP contribution in [0.2, 0.25) is 0 Å². The molecule has 2 aromatic rings. The molecule has 3 aliphatic rings. The molecule has 1 saturated carbocycles. The van der Waals surface area contributed by atoms with Gasteiger partial charge in [-0.25, -0.2) is 4.39 Å². The van der Waals surface area contributed by atoms with Crippen molar-refractivity contribution in [3.05, 3.63) is 41.5 Å². The van der Waals surface area contributed by atoms with Crippen molar-refractivity contribution in [2.75, 3.05) is 0 Å². The standard InChI is InChI=1S/C27H34FNO3/c1-17-2-9-23(10-3-17)32-26-11-6-19-5-4-18(12-24(19)25(26)15-28)16-29-21-7-8-22(29)14-20(13-21)27(30)31/h4-6,11-12,17,20-23H,2-3,7-10,13-16H2,1H3,(H,30,31). The van der Waals surface area contributed by atoms with Crippen molar-refractivity contribution < 1.29 is 19.0 Å². The van der Waals surface area contributed by atoms with Gasteiger partial charge < -0.3 is 9.84 Å². The monoisotopic (exact) mass is 439 g/mol. The maximum atomic E-state index is 14.2. The van der Waals surface area contributed by atoms with E-state index in [2.05, 4.69) is 30.0 Å². The van der Waals surface area contributed by atoms with E-state index in [1.165, 1.54) is 18.4 Å². The highest BCUT2D eigenvalue weighted by Crippen LogP contribution is 2.40. The van der Waals surface area contributed by atoms with Crippen LogP contribution in [0.3, 0.4) is 0 Å². The molecule has 172 valence electrons. The van der Waals surface area contributed by atoms with Crippen LogP contribution in [0.15, 0.2) is 30.3 Å². The minimum absolute atomic E-state index is 0.184. The van der Waals surface area contributed by atoms with Gasteiger partial charge in [0, 0.05) is 24.2 Å². The van der Waals surface area contributed by atoms with E-state index in [1.807, 2.05) is 12.1 Å². The Hall–Kier alpha value is -2.14. The molecule has 2 unspecified atom stereocenters. The molecule has 2 bridgehead atoms. The second-order valence-electron chi connectivity index (χ2n) is 10.3. The fourth-order valence-corrected chi connectivity index (χ4v) is 6.23. The molecule has 32 heavy (non-hydrogen) atoms. The van der Waals surface area contributed by atoms with Crippen molar-refractivity contribution in [3.63, 3.8) is 0 Å². The highest BCUT2D eigenvalue weighted by molar-refractivity contribution is 5.88. The van der Waals surface area contributed by atoms with Gasteiger partial charge in [-0.3, -0.25) is 9.69 Å². The van der Waals surface area contributed by atoms with E-state index in [0.29, 0.717) is 23.4 Å². The number of ether oxygens (including phenoxy) is 1. The molecule has 1 N–H and O–H groups in total. The number of carboxylic acids is 1. The predicted molar refractivity (Wildman–Crippen MR) is 124 cm³/mol. The first-order chi connectivity index (χ1) is 15.5. The van der Waals surface area contributed by atoms with Crippen molar-refractivity contribution in [1.29, 1.82) is 0 Å². The molecule has 0 aromatic heterocycles. The Kier molecular flexibility index (Phi) is 6.11. The number of halogens is 1. The van der Waals surface area contributed by atoms with Gasteiger partial charge in [0.05, 0.1) is 12.0 Å².